The van der Waals surface area contributed by atoms with E-state index in [0.717, 1.165) is 5.70 Å². The van der Waals surface area contributed by atoms with Crippen LogP contribution >= 0.6 is 0 Å². The van der Waals surface area contributed by atoms with Gasteiger partial charge in [0, 0.05) is 11.9 Å². The lowest BCUT2D eigenvalue weighted by Gasteiger charge is -2.06. The molecule has 0 fully saturated rings. The van der Waals surface area contributed by atoms with Gasteiger partial charge in [-0.1, -0.05) is 30.3 Å². The van der Waals surface area contributed by atoms with Crippen molar-refractivity contribution in [2.45, 2.75) is 6.92 Å². The first-order valence-electron chi connectivity index (χ1n) is 4.73. The third-order valence-electron chi connectivity index (χ3n) is 2.23. The highest BCUT2D eigenvalue weighted by molar-refractivity contribution is 5.59. The maximum absolute atomic E-state index is 3.19. The molecule has 0 atom stereocenters. The van der Waals surface area contributed by atoms with Crippen LogP contribution in [0.25, 0.3) is 6.08 Å². The number of hydrogen-bond donors (Lipinski definition) is 1. The molecule has 0 amide bonds. The Labute approximate surface area is 84.5 Å². The van der Waals surface area contributed by atoms with Crippen LogP contribution in [-0.4, -0.2) is 0 Å². The first-order valence-corrected chi connectivity index (χ1v) is 4.73. The molecule has 1 aliphatic rings. The van der Waals surface area contributed by atoms with Crippen LogP contribution in [0.2, 0.25) is 0 Å². The lowest BCUT2D eigenvalue weighted by Crippen LogP contribution is -2.04. The van der Waals surface area contributed by atoms with Gasteiger partial charge in [0.1, 0.15) is 0 Å². The fourth-order valence-corrected chi connectivity index (χ4v) is 1.41. The molecule has 0 radical (unpaired) electrons. The lowest BCUT2D eigenvalue weighted by atomic mass is 10.1. The molecule has 0 saturated carbocycles. The zero-order chi connectivity index (χ0) is 9.80. The average molecular weight is 183 g/mol. The second-order valence-electron chi connectivity index (χ2n) is 3.32. The van der Waals surface area contributed by atoms with Crippen LogP contribution in [0.3, 0.4) is 0 Å². The number of benzene rings is 1. The van der Waals surface area contributed by atoms with Gasteiger partial charge in [-0.3, -0.25) is 0 Å². The maximum atomic E-state index is 3.19. The van der Waals surface area contributed by atoms with Crippen molar-refractivity contribution in [3.8, 4) is 0 Å². The van der Waals surface area contributed by atoms with E-state index in [0.29, 0.717) is 0 Å². The molecule has 1 aliphatic heterocycles. The van der Waals surface area contributed by atoms with E-state index < -0.39 is 0 Å². The van der Waals surface area contributed by atoms with Crippen LogP contribution < -0.4 is 5.32 Å². The second kappa shape index (κ2) is 3.97. The largest absolute Gasteiger partial charge is 0.362 e. The van der Waals surface area contributed by atoms with Crippen molar-refractivity contribution in [1.29, 1.82) is 0 Å². The minimum atomic E-state index is 1.13. The average Bonchev–Trinajstić information content (AvgIpc) is 2.23. The Bertz CT molecular complexity index is 411. The molecule has 0 unspecified atom stereocenters. The molecule has 0 aromatic heterocycles. The molecular formula is C13H13N. The zero-order valence-corrected chi connectivity index (χ0v) is 8.20. The third-order valence-corrected chi connectivity index (χ3v) is 2.23. The molecule has 1 aromatic rings. The molecule has 0 aliphatic carbocycles. The monoisotopic (exact) mass is 183 g/mol. The number of hydrogen-bond acceptors (Lipinski definition) is 1. The molecule has 1 nitrogen and oxygen atoms in total. The fraction of sp³-hybridized carbons (Fsp3) is 0.0769. The van der Waals surface area contributed by atoms with Crippen molar-refractivity contribution in [2.24, 2.45) is 0 Å². The van der Waals surface area contributed by atoms with Gasteiger partial charge in [0.25, 0.3) is 0 Å². The van der Waals surface area contributed by atoms with Crippen molar-refractivity contribution >= 4 is 6.08 Å². The number of nitrogens with one attached hydrogen (secondary N) is 1. The highest BCUT2D eigenvalue weighted by Gasteiger charge is 1.95. The lowest BCUT2D eigenvalue weighted by molar-refractivity contribution is 1.11. The molecule has 0 saturated heterocycles. The van der Waals surface area contributed by atoms with E-state index in [9.17, 15) is 0 Å². The second-order valence-corrected chi connectivity index (χ2v) is 3.32. The molecular weight excluding hydrogens is 170 g/mol. The van der Waals surface area contributed by atoms with E-state index in [-0.39, 0.29) is 0 Å². The smallest absolute Gasteiger partial charge is 0.0385 e. The molecule has 1 N–H and O–H groups in total. The number of aryl methyl sites for hydroxylation is 1. The van der Waals surface area contributed by atoms with E-state index in [4.69, 9.17) is 0 Å². The first kappa shape index (κ1) is 8.82. The summed E-state index contributed by atoms with van der Waals surface area (Å²) in [5, 5.41) is 3.19. The van der Waals surface area contributed by atoms with Crippen molar-refractivity contribution < 1.29 is 0 Å². The fourth-order valence-electron chi connectivity index (χ4n) is 1.41. The number of rotatable bonds is 1. The maximum Gasteiger partial charge on any atom is 0.0385 e. The summed E-state index contributed by atoms with van der Waals surface area (Å²) in [6, 6.07) is 8.36. The first-order chi connectivity index (χ1) is 6.86. The Morgan fingerprint density at radius 3 is 2.71 bits per heavy atom. The summed E-state index contributed by atoms with van der Waals surface area (Å²) in [5.41, 5.74) is 3.68. The Balaban J connectivity index is 2.29. The van der Waals surface area contributed by atoms with E-state index in [2.05, 4.69) is 48.7 Å². The van der Waals surface area contributed by atoms with Gasteiger partial charge in [0.05, 0.1) is 0 Å². The molecule has 2 rings (SSSR count). The normalized spacial score (nSPS) is 17.1. The Hall–Kier alpha value is -1.76. The Morgan fingerprint density at radius 1 is 1.14 bits per heavy atom. The van der Waals surface area contributed by atoms with Gasteiger partial charge in [-0.15, -0.1) is 0 Å². The standard InChI is InChI=1S/C13H13N/c1-11-6-2-3-7-12(11)10-13-8-4-5-9-14-13/h2-10,14H,1H3/b13-10-. The summed E-state index contributed by atoms with van der Waals surface area (Å²) >= 11 is 0. The molecule has 0 spiro atoms. The summed E-state index contributed by atoms with van der Waals surface area (Å²) in [4.78, 5) is 0. The van der Waals surface area contributed by atoms with Gasteiger partial charge in [-0.05, 0) is 36.3 Å². The van der Waals surface area contributed by atoms with Gasteiger partial charge < -0.3 is 5.32 Å². The van der Waals surface area contributed by atoms with Gasteiger partial charge in [-0.2, -0.15) is 0 Å². The highest BCUT2D eigenvalue weighted by atomic mass is 14.8. The highest BCUT2D eigenvalue weighted by Crippen LogP contribution is 2.12. The summed E-state index contributed by atoms with van der Waals surface area (Å²) in [5.74, 6) is 0. The quantitative estimate of drug-likeness (QED) is 0.705. The topological polar surface area (TPSA) is 12.0 Å². The van der Waals surface area contributed by atoms with Gasteiger partial charge in [-0.25, -0.2) is 0 Å². The minimum Gasteiger partial charge on any atom is -0.362 e. The minimum absolute atomic E-state index is 1.13. The third kappa shape index (κ3) is 1.94. The summed E-state index contributed by atoms with van der Waals surface area (Å²) < 4.78 is 0. The van der Waals surface area contributed by atoms with Crippen molar-refractivity contribution in [3.63, 3.8) is 0 Å². The van der Waals surface area contributed by atoms with E-state index in [1.807, 2.05) is 18.4 Å². The van der Waals surface area contributed by atoms with Crippen molar-refractivity contribution in [1.82, 2.24) is 5.32 Å². The SMILES string of the molecule is Cc1ccccc1/C=C1/C=CC=CN1. The van der Waals surface area contributed by atoms with Crippen LogP contribution in [0.1, 0.15) is 11.1 Å². The summed E-state index contributed by atoms with van der Waals surface area (Å²) in [7, 11) is 0. The predicted octanol–water partition coefficient (Wildman–Crippen LogP) is 3.01. The van der Waals surface area contributed by atoms with Crippen molar-refractivity contribution in [2.75, 3.05) is 0 Å². The molecule has 70 valence electrons. The van der Waals surface area contributed by atoms with Gasteiger partial charge in [0.2, 0.25) is 0 Å². The van der Waals surface area contributed by atoms with Gasteiger partial charge in [0.15, 0.2) is 0 Å². The van der Waals surface area contributed by atoms with Crippen LogP contribution in [0.5, 0.6) is 0 Å². The molecule has 1 heteroatoms. The zero-order valence-electron chi connectivity index (χ0n) is 8.20. The predicted molar refractivity (Wildman–Crippen MR) is 60.6 cm³/mol. The summed E-state index contributed by atoms with van der Waals surface area (Å²) in [6.45, 7) is 2.12. The Morgan fingerprint density at radius 2 is 2.00 bits per heavy atom. The van der Waals surface area contributed by atoms with E-state index >= 15 is 0 Å². The molecule has 1 heterocycles. The van der Waals surface area contributed by atoms with Crippen LogP contribution in [0.4, 0.5) is 0 Å². The van der Waals surface area contributed by atoms with Crippen LogP contribution in [-0.2, 0) is 0 Å². The number of dihydropyridines is 1. The molecule has 14 heavy (non-hydrogen) atoms. The van der Waals surface area contributed by atoms with Crippen LogP contribution in [0, 0.1) is 6.92 Å². The van der Waals surface area contributed by atoms with E-state index in [1.54, 1.807) is 0 Å². The number of allylic oxidation sites excluding steroid dienone is 3. The van der Waals surface area contributed by atoms with Crippen LogP contribution in [0.15, 0.2) is 54.4 Å². The molecule has 1 aromatic carbocycles. The molecule has 0 bridgehead atoms. The Kier molecular flexibility index (Phi) is 2.50. The van der Waals surface area contributed by atoms with Crippen molar-refractivity contribution in [3.05, 3.63) is 65.5 Å². The summed E-state index contributed by atoms with van der Waals surface area (Å²) in [6.07, 6.45) is 10.2. The van der Waals surface area contributed by atoms with E-state index in [1.165, 1.54) is 11.1 Å². The van der Waals surface area contributed by atoms with Gasteiger partial charge >= 0.3 is 0 Å².